The van der Waals surface area contributed by atoms with Crippen molar-refractivity contribution < 1.29 is 57.1 Å². The highest BCUT2D eigenvalue weighted by molar-refractivity contribution is 5.99. The summed E-state index contributed by atoms with van der Waals surface area (Å²) in [4.78, 5) is 50.8. The second kappa shape index (κ2) is 16.4. The van der Waals surface area contributed by atoms with E-state index in [0.29, 0.717) is 24.3 Å². The van der Waals surface area contributed by atoms with Gasteiger partial charge in [-0.15, -0.1) is 0 Å². The highest BCUT2D eigenvalue weighted by atomic mass is 19.4. The minimum absolute atomic E-state index is 0.0142. The van der Waals surface area contributed by atoms with Crippen molar-refractivity contribution in [3.05, 3.63) is 59.7 Å². The highest BCUT2D eigenvalue weighted by Gasteiger charge is 2.67. The minimum Gasteiger partial charge on any atom is -0.485 e. The molecule has 8 N–H and O–H groups in total. The molecule has 2 aliphatic carbocycles. The number of fused-ring (bicyclic) bond motifs is 2. The number of carbonyl (C=O) groups excluding carboxylic acids is 3. The molecule has 61 heavy (non-hydrogen) atoms. The number of ether oxygens (including phenoxy) is 2. The molecule has 334 valence electrons. The molecule has 2 saturated carbocycles. The molecule has 5 aliphatic rings. The molecule has 8 unspecified atom stereocenters. The zero-order valence-electron chi connectivity index (χ0n) is 35.6. The van der Waals surface area contributed by atoms with Gasteiger partial charge in [0.2, 0.25) is 17.7 Å². The molecular weight excluding hydrogens is 800 g/mol. The Bertz CT molecular complexity index is 1910. The fraction of sp³-hybridized carbons (Fsp3) is 0.614. The third kappa shape index (κ3) is 8.51. The van der Waals surface area contributed by atoms with E-state index in [1.165, 1.54) is 0 Å². The number of carbonyl (C=O) groups is 4. The molecule has 3 aliphatic heterocycles. The third-order valence-corrected chi connectivity index (χ3v) is 13.9. The molecule has 14 nitrogen and oxygen atoms in total. The number of halogens is 3. The van der Waals surface area contributed by atoms with Crippen molar-refractivity contribution in [2.75, 3.05) is 0 Å². The van der Waals surface area contributed by atoms with Crippen LogP contribution in [-0.4, -0.2) is 80.1 Å². The average molecular weight is 858 g/mol. The summed E-state index contributed by atoms with van der Waals surface area (Å²) in [6.45, 7) is 15.5. The topological polar surface area (TPSA) is 219 Å². The van der Waals surface area contributed by atoms with Crippen LogP contribution in [0.25, 0.3) is 0 Å². The van der Waals surface area contributed by atoms with E-state index in [1.807, 2.05) is 76.2 Å². The van der Waals surface area contributed by atoms with E-state index in [-0.39, 0.29) is 77.4 Å². The van der Waals surface area contributed by atoms with Crippen molar-refractivity contribution in [2.24, 2.45) is 47.3 Å². The zero-order chi connectivity index (χ0) is 45.1. The fourth-order valence-corrected chi connectivity index (χ4v) is 10.8. The smallest absolute Gasteiger partial charge is 0.485 e. The van der Waals surface area contributed by atoms with Gasteiger partial charge in [0.05, 0.1) is 24.0 Å². The Morgan fingerprint density at radius 3 is 1.52 bits per heavy atom. The van der Waals surface area contributed by atoms with E-state index in [4.69, 9.17) is 24.8 Å². The van der Waals surface area contributed by atoms with Crippen LogP contribution < -0.4 is 30.7 Å². The van der Waals surface area contributed by atoms with Gasteiger partial charge in [0, 0.05) is 23.0 Å². The predicted octanol–water partition coefficient (Wildman–Crippen LogP) is 5.00. The first-order chi connectivity index (χ1) is 28.4. The number of aliphatic hydroxyl groups is 2. The van der Waals surface area contributed by atoms with Gasteiger partial charge in [-0.2, -0.15) is 13.2 Å². The second-order valence-electron chi connectivity index (χ2n) is 18.4. The summed E-state index contributed by atoms with van der Waals surface area (Å²) in [5, 5.41) is 51.1. The van der Waals surface area contributed by atoms with Crippen molar-refractivity contribution >= 4 is 29.7 Å². The van der Waals surface area contributed by atoms with Crippen molar-refractivity contribution in [3.63, 3.8) is 0 Å². The number of aliphatic hydroxyl groups excluding tert-OH is 2. The normalized spacial score (nSPS) is 33.8. The summed E-state index contributed by atoms with van der Waals surface area (Å²) in [6, 6.07) is 13.6. The molecule has 12 atom stereocenters. The van der Waals surface area contributed by atoms with E-state index in [0.717, 1.165) is 11.1 Å². The number of carboxylic acids is 1. The number of carboxylic acid groups (broad SMARTS) is 1. The summed E-state index contributed by atoms with van der Waals surface area (Å²) < 4.78 is 43.9. The van der Waals surface area contributed by atoms with Crippen LogP contribution in [0.3, 0.4) is 0 Å². The number of amides is 3. The van der Waals surface area contributed by atoms with Gasteiger partial charge in [-0.25, -0.2) is 4.79 Å². The first kappa shape index (κ1) is 45.6. The lowest BCUT2D eigenvalue weighted by molar-refractivity contribution is -0.192. The van der Waals surface area contributed by atoms with Gasteiger partial charge in [-0.3, -0.25) is 25.1 Å². The molecule has 1 saturated heterocycles. The number of rotatable bonds is 10. The van der Waals surface area contributed by atoms with Crippen LogP contribution in [0.4, 0.5) is 13.2 Å². The van der Waals surface area contributed by atoms with Crippen molar-refractivity contribution in [1.82, 2.24) is 21.3 Å². The lowest BCUT2D eigenvalue weighted by Crippen LogP contribution is -2.68. The maximum absolute atomic E-state index is 14.2. The number of alkyl halides is 3. The Hall–Kier alpha value is -4.90. The van der Waals surface area contributed by atoms with Crippen molar-refractivity contribution in [3.8, 4) is 11.5 Å². The number of aliphatic carboxylic acids is 1. The van der Waals surface area contributed by atoms with Gasteiger partial charge in [0.15, 0.2) is 5.96 Å². The van der Waals surface area contributed by atoms with Gasteiger partial charge in [0.1, 0.15) is 34.9 Å². The number of nitrogens with one attached hydrogen (secondary N) is 5. The quantitative estimate of drug-likeness (QED) is 0.160. The first-order valence-corrected chi connectivity index (χ1v) is 20.9. The van der Waals surface area contributed by atoms with E-state index in [1.54, 1.807) is 0 Å². The van der Waals surface area contributed by atoms with Crippen LogP contribution in [-0.2, 0) is 19.2 Å². The third-order valence-electron chi connectivity index (χ3n) is 13.9. The number of hydrogen-bond donors (Lipinski definition) is 8. The number of benzene rings is 2. The van der Waals surface area contributed by atoms with Crippen LogP contribution in [0.2, 0.25) is 0 Å². The van der Waals surface area contributed by atoms with Crippen LogP contribution >= 0.6 is 0 Å². The standard InChI is InChI=1S/C42H57N5O7.C2HF3O2/c1-9-24(29-20(3)31(29)37(51)45-33-22-15-11-13-17-26(22)53-40(5,6)35(33)49)42(19-28(48)44-39(43)47-42)25(10-2)30-21(4)32(30)38(52)46-34-23-16-12-14-18-27(23)54-41(7,8)36(34)50;3-2(4,5)1(6)7/h11-18,20-21,24-25,29-36,49-50H,9-10,19H2,1-8H3,(H,45,51)(H,46,52)(H3,43,44,47,48);(H,6,7)/t20?,21?,24?,25?,29?,30?,31?,32?,33-,34-,35-,36-,42?;/m1./s1. The average Bonchev–Trinajstić information content (AvgIpc) is 4.04. The van der Waals surface area contributed by atoms with Crippen LogP contribution in [0.15, 0.2) is 48.5 Å². The summed E-state index contributed by atoms with van der Waals surface area (Å²) in [5.41, 5.74) is -1.27. The lowest BCUT2D eigenvalue weighted by atomic mass is 9.64. The zero-order valence-corrected chi connectivity index (χ0v) is 35.6. The van der Waals surface area contributed by atoms with Crippen LogP contribution in [0, 0.1) is 52.8 Å². The Morgan fingerprint density at radius 1 is 0.803 bits per heavy atom. The Morgan fingerprint density at radius 2 is 1.18 bits per heavy atom. The van der Waals surface area contributed by atoms with Crippen LogP contribution in [0.5, 0.6) is 11.5 Å². The summed E-state index contributed by atoms with van der Waals surface area (Å²) >= 11 is 0. The van der Waals surface area contributed by atoms with Gasteiger partial charge in [-0.1, -0.05) is 76.9 Å². The van der Waals surface area contributed by atoms with E-state index >= 15 is 0 Å². The molecular formula is C44H58F3N5O9. The van der Waals surface area contributed by atoms with E-state index in [2.05, 4.69) is 49.0 Å². The van der Waals surface area contributed by atoms with Crippen LogP contribution in [0.1, 0.15) is 97.9 Å². The largest absolute Gasteiger partial charge is 0.490 e. The predicted molar refractivity (Wildman–Crippen MR) is 216 cm³/mol. The van der Waals surface area contributed by atoms with Gasteiger partial charge in [0.25, 0.3) is 0 Å². The summed E-state index contributed by atoms with van der Waals surface area (Å²) in [5.74, 6) is -3.47. The molecule has 0 bridgehead atoms. The van der Waals surface area contributed by atoms with Gasteiger partial charge in [-0.05, 0) is 75.3 Å². The number of para-hydroxylation sites is 2. The molecule has 0 spiro atoms. The second-order valence-corrected chi connectivity index (χ2v) is 18.4. The molecule has 7 rings (SSSR count). The molecule has 3 amide bonds. The highest BCUT2D eigenvalue weighted by Crippen LogP contribution is 2.62. The lowest BCUT2D eigenvalue weighted by Gasteiger charge is -2.50. The Kier molecular flexibility index (Phi) is 12.3. The first-order valence-electron chi connectivity index (χ1n) is 20.9. The maximum atomic E-state index is 14.2. The van der Waals surface area contributed by atoms with E-state index < -0.39 is 53.2 Å². The molecule has 17 heteroatoms. The summed E-state index contributed by atoms with van der Waals surface area (Å²) in [7, 11) is 0. The molecule has 2 aromatic rings. The van der Waals surface area contributed by atoms with Crippen molar-refractivity contribution in [2.45, 2.75) is 122 Å². The number of hydrogen-bond acceptors (Lipinski definition) is 9. The molecule has 0 aromatic heterocycles. The van der Waals surface area contributed by atoms with Crippen molar-refractivity contribution in [1.29, 1.82) is 5.41 Å². The minimum atomic E-state index is -5.08. The molecule has 2 aromatic carbocycles. The summed E-state index contributed by atoms with van der Waals surface area (Å²) in [6.07, 6.45) is -5.63. The van der Waals surface area contributed by atoms with Gasteiger partial charge < -0.3 is 40.7 Å². The number of guanidine groups is 1. The molecule has 0 radical (unpaired) electrons. The van der Waals surface area contributed by atoms with E-state index in [9.17, 15) is 37.8 Å². The SMILES string of the molecule is CCC(C1C(C)C1C(=O)N[C@@H]1c2ccccc2OC(C)(C)[C@@H]1O)C1(C(CC)C2C(C)C2C(=O)N[C@@H]2c3ccccc3OC(C)(C)[C@@H]2O)CC(=O)NC(=N)N1.O=C(O)C(F)(F)F. The molecule has 3 fully saturated rings. The molecule has 3 heterocycles. The maximum Gasteiger partial charge on any atom is 0.490 e. The fourth-order valence-electron chi connectivity index (χ4n) is 10.8. The van der Waals surface area contributed by atoms with Gasteiger partial charge >= 0.3 is 12.1 Å². The monoisotopic (exact) mass is 857 g/mol. The Balaban J connectivity index is 0.000000819. The Labute approximate surface area is 353 Å².